The molecule has 0 radical (unpaired) electrons. The number of hydrogen-bond acceptors (Lipinski definition) is 6. The second-order valence-corrected chi connectivity index (χ2v) is 8.49. The van der Waals surface area contributed by atoms with Crippen LogP contribution in [0.15, 0.2) is 5.03 Å². The predicted molar refractivity (Wildman–Crippen MR) is 107 cm³/mol. The third-order valence-corrected chi connectivity index (χ3v) is 6.63. The lowest BCUT2D eigenvalue weighted by Crippen LogP contribution is -2.51. The third-order valence-electron chi connectivity index (χ3n) is 5.66. The molecule has 2 fully saturated rings. The van der Waals surface area contributed by atoms with Gasteiger partial charge in [0, 0.05) is 5.69 Å². The van der Waals surface area contributed by atoms with Gasteiger partial charge in [0.1, 0.15) is 10.6 Å². The molecule has 1 aromatic rings. The monoisotopic (exact) mass is 419 g/mol. The van der Waals surface area contributed by atoms with Crippen LogP contribution in [-0.2, 0) is 9.59 Å². The van der Waals surface area contributed by atoms with Crippen molar-refractivity contribution in [2.75, 3.05) is 5.75 Å². The van der Waals surface area contributed by atoms with Crippen molar-refractivity contribution in [2.45, 2.75) is 63.4 Å². The molecule has 0 bridgehead atoms. The van der Waals surface area contributed by atoms with Crippen LogP contribution < -0.4 is 16.5 Å². The number of urea groups is 1. The van der Waals surface area contributed by atoms with E-state index in [-0.39, 0.29) is 11.3 Å². The van der Waals surface area contributed by atoms with E-state index in [0.717, 1.165) is 52.9 Å². The molecule has 1 spiro atoms. The van der Waals surface area contributed by atoms with Gasteiger partial charge in [-0.15, -0.1) is 0 Å². The van der Waals surface area contributed by atoms with Crippen LogP contribution in [0.4, 0.5) is 4.79 Å². The molecular weight excluding hydrogens is 394 g/mol. The number of aromatic nitrogens is 1. The van der Waals surface area contributed by atoms with E-state index in [2.05, 4.69) is 15.7 Å². The smallest absolute Gasteiger partial charge is 0.344 e. The number of rotatable bonds is 5. The van der Waals surface area contributed by atoms with Crippen molar-refractivity contribution in [1.29, 1.82) is 0 Å². The van der Waals surface area contributed by atoms with E-state index >= 15 is 0 Å². The second kappa shape index (κ2) is 8.02. The molecule has 10 heteroatoms. The number of aryl methyl sites for hydroxylation is 1. The molecule has 5 amide bonds. The number of primary amides is 1. The maximum atomic E-state index is 12.7. The van der Waals surface area contributed by atoms with E-state index in [4.69, 9.17) is 5.73 Å². The largest absolute Gasteiger partial charge is 0.366 e. The second-order valence-electron chi connectivity index (χ2n) is 7.53. The van der Waals surface area contributed by atoms with E-state index in [9.17, 15) is 19.2 Å². The minimum atomic E-state index is -0.901. The van der Waals surface area contributed by atoms with Crippen molar-refractivity contribution in [1.82, 2.24) is 20.7 Å². The standard InChI is InChI=1S/C19H25N5O4S/c1-10-11(2)14(15(20)26)16(21-12(10)3)29-9-13(25)23-24-17(27)19(22-18(24)28)7-5-4-6-8-19/h4-9H2,1-3H3,(H2,20,26)(H,22,28)(H,23,25). The van der Waals surface area contributed by atoms with Crippen molar-refractivity contribution < 1.29 is 19.2 Å². The number of nitrogens with two attached hydrogens (primary N) is 1. The lowest BCUT2D eigenvalue weighted by atomic mass is 9.82. The van der Waals surface area contributed by atoms with Crippen molar-refractivity contribution in [3.63, 3.8) is 0 Å². The van der Waals surface area contributed by atoms with Gasteiger partial charge in [-0.2, -0.15) is 5.01 Å². The number of carbonyl (C=O) groups is 4. The number of imide groups is 1. The van der Waals surface area contributed by atoms with Gasteiger partial charge in [-0.3, -0.25) is 19.8 Å². The van der Waals surface area contributed by atoms with E-state index in [1.807, 2.05) is 13.8 Å². The molecule has 2 aliphatic rings. The topological polar surface area (TPSA) is 134 Å². The van der Waals surface area contributed by atoms with Gasteiger partial charge in [-0.05, 0) is 44.7 Å². The van der Waals surface area contributed by atoms with Gasteiger partial charge in [0.15, 0.2) is 0 Å². The number of nitrogens with zero attached hydrogens (tertiary/aromatic N) is 2. The fourth-order valence-electron chi connectivity index (χ4n) is 3.81. The number of amides is 5. The van der Waals surface area contributed by atoms with Crippen LogP contribution in [0.25, 0.3) is 0 Å². The molecule has 1 saturated heterocycles. The Morgan fingerprint density at radius 1 is 1.17 bits per heavy atom. The molecule has 3 rings (SSSR count). The Balaban J connectivity index is 1.69. The molecule has 1 aliphatic heterocycles. The maximum Gasteiger partial charge on any atom is 0.344 e. The van der Waals surface area contributed by atoms with E-state index < -0.39 is 29.3 Å². The summed E-state index contributed by atoms with van der Waals surface area (Å²) >= 11 is 1.04. The lowest BCUT2D eigenvalue weighted by molar-refractivity contribution is -0.139. The first-order valence-electron chi connectivity index (χ1n) is 9.53. The summed E-state index contributed by atoms with van der Waals surface area (Å²) in [4.78, 5) is 53.6. The molecule has 29 heavy (non-hydrogen) atoms. The van der Waals surface area contributed by atoms with Crippen LogP contribution in [0.5, 0.6) is 0 Å². The Hall–Kier alpha value is -2.62. The number of carbonyl (C=O) groups excluding carboxylic acids is 4. The molecule has 9 nitrogen and oxygen atoms in total. The molecule has 4 N–H and O–H groups in total. The van der Waals surface area contributed by atoms with Crippen molar-refractivity contribution >= 4 is 35.5 Å². The Labute approximate surface area is 173 Å². The van der Waals surface area contributed by atoms with E-state index in [0.29, 0.717) is 17.9 Å². The summed E-state index contributed by atoms with van der Waals surface area (Å²) in [6.45, 7) is 5.45. The summed E-state index contributed by atoms with van der Waals surface area (Å²) in [5.41, 5.74) is 9.57. The van der Waals surface area contributed by atoms with Gasteiger partial charge in [0.25, 0.3) is 11.8 Å². The van der Waals surface area contributed by atoms with Crippen molar-refractivity contribution in [2.24, 2.45) is 5.73 Å². The first-order chi connectivity index (χ1) is 13.7. The Morgan fingerprint density at radius 2 is 1.83 bits per heavy atom. The Bertz CT molecular complexity index is 895. The third kappa shape index (κ3) is 3.93. The Kier molecular flexibility index (Phi) is 5.83. The number of pyridine rings is 1. The predicted octanol–water partition coefficient (Wildman–Crippen LogP) is 1.48. The van der Waals surface area contributed by atoms with Crippen LogP contribution in [-0.4, -0.2) is 45.0 Å². The summed E-state index contributed by atoms with van der Waals surface area (Å²) in [7, 11) is 0. The zero-order valence-electron chi connectivity index (χ0n) is 16.8. The fraction of sp³-hybridized carbons (Fsp3) is 0.526. The first-order valence-corrected chi connectivity index (χ1v) is 10.5. The normalized spacial score (nSPS) is 18.1. The summed E-state index contributed by atoms with van der Waals surface area (Å²) in [6.07, 6.45) is 3.90. The summed E-state index contributed by atoms with van der Waals surface area (Å²) in [5.74, 6) is -1.70. The van der Waals surface area contributed by atoms with Crippen molar-refractivity contribution in [3.05, 3.63) is 22.4 Å². The number of thioether (sulfide) groups is 1. The van der Waals surface area contributed by atoms with Crippen LogP contribution in [0.3, 0.4) is 0 Å². The molecule has 0 unspecified atom stereocenters. The average Bonchev–Trinajstić information content (AvgIpc) is 2.88. The SMILES string of the molecule is Cc1nc(SCC(=O)NN2C(=O)NC3(CCCCC3)C2=O)c(C(N)=O)c(C)c1C. The van der Waals surface area contributed by atoms with Crippen LogP contribution in [0.1, 0.15) is 59.3 Å². The minimum absolute atomic E-state index is 0.126. The number of nitrogens with one attached hydrogen (secondary N) is 2. The van der Waals surface area contributed by atoms with Gasteiger partial charge in [0.05, 0.1) is 11.3 Å². The average molecular weight is 420 g/mol. The zero-order valence-corrected chi connectivity index (χ0v) is 17.6. The molecule has 0 aromatic carbocycles. The number of hydrogen-bond donors (Lipinski definition) is 3. The highest BCUT2D eigenvalue weighted by Crippen LogP contribution is 2.33. The first kappa shape index (κ1) is 21.1. The van der Waals surface area contributed by atoms with Gasteiger partial charge in [-0.25, -0.2) is 9.78 Å². The molecule has 156 valence electrons. The maximum absolute atomic E-state index is 12.7. The lowest BCUT2D eigenvalue weighted by Gasteiger charge is -2.30. The van der Waals surface area contributed by atoms with E-state index in [1.165, 1.54) is 0 Å². The number of hydrazine groups is 1. The molecule has 1 aromatic heterocycles. The van der Waals surface area contributed by atoms with Crippen molar-refractivity contribution in [3.8, 4) is 0 Å². The van der Waals surface area contributed by atoms with Gasteiger partial charge in [-0.1, -0.05) is 31.0 Å². The highest BCUT2D eigenvalue weighted by molar-refractivity contribution is 8.00. The molecule has 1 aliphatic carbocycles. The quantitative estimate of drug-likeness (QED) is 0.489. The highest BCUT2D eigenvalue weighted by atomic mass is 32.2. The molecule has 0 atom stereocenters. The minimum Gasteiger partial charge on any atom is -0.366 e. The van der Waals surface area contributed by atoms with Crippen LogP contribution >= 0.6 is 11.8 Å². The molecular formula is C19H25N5O4S. The van der Waals surface area contributed by atoms with Crippen LogP contribution in [0, 0.1) is 20.8 Å². The zero-order chi connectivity index (χ0) is 21.3. The fourth-order valence-corrected chi connectivity index (χ4v) is 4.74. The highest BCUT2D eigenvalue weighted by Gasteiger charge is 2.52. The van der Waals surface area contributed by atoms with Gasteiger partial charge >= 0.3 is 6.03 Å². The van der Waals surface area contributed by atoms with Gasteiger partial charge < -0.3 is 11.1 Å². The summed E-state index contributed by atoms with van der Waals surface area (Å²) < 4.78 is 0. The van der Waals surface area contributed by atoms with Gasteiger partial charge in [0.2, 0.25) is 5.91 Å². The molecule has 1 saturated carbocycles. The Morgan fingerprint density at radius 3 is 2.45 bits per heavy atom. The van der Waals surface area contributed by atoms with Crippen LogP contribution in [0.2, 0.25) is 0 Å². The summed E-state index contributed by atoms with van der Waals surface area (Å²) in [6, 6.07) is -0.617. The summed E-state index contributed by atoms with van der Waals surface area (Å²) in [5, 5.41) is 3.86. The van der Waals surface area contributed by atoms with E-state index in [1.54, 1.807) is 6.92 Å². The molecule has 2 heterocycles.